The predicted octanol–water partition coefficient (Wildman–Crippen LogP) is 2.79. The minimum atomic E-state index is 0.849. The fourth-order valence-electron chi connectivity index (χ4n) is 0.753. The standard InChI is InChI=1S/C7H7I2N/c1-4-2-5(10)3-6(8)7(4)9/h2-3H,10H2,1H3. The molecule has 54 valence electrons. The van der Waals surface area contributed by atoms with Crippen molar-refractivity contribution in [2.75, 3.05) is 5.73 Å². The maximum atomic E-state index is 5.62. The summed E-state index contributed by atoms with van der Waals surface area (Å²) in [5.74, 6) is 0. The zero-order chi connectivity index (χ0) is 7.72. The Bertz CT molecular complexity index is 235. The van der Waals surface area contributed by atoms with E-state index in [0.717, 1.165) is 5.69 Å². The topological polar surface area (TPSA) is 26.0 Å². The van der Waals surface area contributed by atoms with Crippen molar-refractivity contribution < 1.29 is 0 Å². The Morgan fingerprint density at radius 1 is 1.30 bits per heavy atom. The maximum Gasteiger partial charge on any atom is 0.0328 e. The molecule has 0 fully saturated rings. The lowest BCUT2D eigenvalue weighted by Gasteiger charge is -2.01. The predicted molar refractivity (Wildman–Crippen MR) is 61.0 cm³/mol. The van der Waals surface area contributed by atoms with E-state index >= 15 is 0 Å². The SMILES string of the molecule is Cc1cc(N)cc(I)c1I. The second-order valence-corrected chi connectivity index (χ2v) is 4.37. The van der Waals surface area contributed by atoms with E-state index in [9.17, 15) is 0 Å². The quantitative estimate of drug-likeness (QED) is 0.560. The molecule has 0 bridgehead atoms. The van der Waals surface area contributed by atoms with Gasteiger partial charge in [-0.25, -0.2) is 0 Å². The fraction of sp³-hybridized carbons (Fsp3) is 0.143. The van der Waals surface area contributed by atoms with Gasteiger partial charge in [0.05, 0.1) is 0 Å². The molecule has 0 unspecified atom stereocenters. The molecule has 1 nitrogen and oxygen atoms in total. The molecule has 2 N–H and O–H groups in total. The van der Waals surface area contributed by atoms with Crippen molar-refractivity contribution in [1.82, 2.24) is 0 Å². The van der Waals surface area contributed by atoms with Crippen molar-refractivity contribution >= 4 is 50.9 Å². The smallest absolute Gasteiger partial charge is 0.0328 e. The highest BCUT2D eigenvalue weighted by Crippen LogP contribution is 2.21. The molecule has 0 aromatic heterocycles. The molecule has 0 aliphatic carbocycles. The number of benzene rings is 1. The lowest BCUT2D eigenvalue weighted by molar-refractivity contribution is 1.40. The van der Waals surface area contributed by atoms with Gasteiger partial charge >= 0.3 is 0 Å². The fourth-order valence-corrected chi connectivity index (χ4v) is 1.85. The van der Waals surface area contributed by atoms with Gasteiger partial charge in [-0.3, -0.25) is 0 Å². The summed E-state index contributed by atoms with van der Waals surface area (Å²) in [6.07, 6.45) is 0. The van der Waals surface area contributed by atoms with Crippen molar-refractivity contribution in [3.05, 3.63) is 24.8 Å². The number of hydrogen-bond donors (Lipinski definition) is 1. The number of nitrogens with two attached hydrogens (primary N) is 1. The van der Waals surface area contributed by atoms with Gasteiger partial charge in [-0.15, -0.1) is 0 Å². The van der Waals surface area contributed by atoms with E-state index in [0.29, 0.717) is 0 Å². The molecule has 0 heterocycles. The Morgan fingerprint density at radius 2 is 1.90 bits per heavy atom. The number of nitrogen functional groups attached to an aromatic ring is 1. The molecular weight excluding hydrogens is 352 g/mol. The van der Waals surface area contributed by atoms with Crippen LogP contribution in [-0.2, 0) is 0 Å². The first-order valence-electron chi connectivity index (χ1n) is 2.82. The first-order chi connectivity index (χ1) is 4.61. The van der Waals surface area contributed by atoms with E-state index in [2.05, 4.69) is 52.1 Å². The summed E-state index contributed by atoms with van der Waals surface area (Å²) < 4.78 is 2.53. The zero-order valence-electron chi connectivity index (χ0n) is 5.49. The van der Waals surface area contributed by atoms with E-state index in [-0.39, 0.29) is 0 Å². The Kier molecular flexibility index (Phi) is 2.79. The van der Waals surface area contributed by atoms with Gasteiger partial charge in [0.15, 0.2) is 0 Å². The lowest BCUT2D eigenvalue weighted by Crippen LogP contribution is -1.90. The molecule has 0 radical (unpaired) electrons. The van der Waals surface area contributed by atoms with Crippen LogP contribution in [0.4, 0.5) is 5.69 Å². The number of aryl methyl sites for hydroxylation is 1. The minimum Gasteiger partial charge on any atom is -0.399 e. The van der Waals surface area contributed by atoms with E-state index in [1.165, 1.54) is 12.7 Å². The van der Waals surface area contributed by atoms with E-state index in [1.54, 1.807) is 0 Å². The number of hydrogen-bond acceptors (Lipinski definition) is 1. The summed E-state index contributed by atoms with van der Waals surface area (Å²) in [5, 5.41) is 0. The maximum absolute atomic E-state index is 5.62. The van der Waals surface area contributed by atoms with Crippen LogP contribution in [0.5, 0.6) is 0 Å². The van der Waals surface area contributed by atoms with Crippen LogP contribution in [-0.4, -0.2) is 0 Å². The number of rotatable bonds is 0. The van der Waals surface area contributed by atoms with Gasteiger partial charge in [-0.2, -0.15) is 0 Å². The molecule has 3 heteroatoms. The number of halogens is 2. The molecule has 0 atom stereocenters. The molecule has 10 heavy (non-hydrogen) atoms. The lowest BCUT2D eigenvalue weighted by atomic mass is 10.2. The molecule has 1 rings (SSSR count). The van der Waals surface area contributed by atoms with Gasteiger partial charge in [-0.05, 0) is 69.8 Å². The second kappa shape index (κ2) is 3.25. The van der Waals surface area contributed by atoms with Gasteiger partial charge in [0, 0.05) is 12.8 Å². The van der Waals surface area contributed by atoms with E-state index < -0.39 is 0 Å². The summed E-state index contributed by atoms with van der Waals surface area (Å²) >= 11 is 4.61. The van der Waals surface area contributed by atoms with Crippen LogP contribution < -0.4 is 5.73 Å². The van der Waals surface area contributed by atoms with E-state index in [4.69, 9.17) is 5.73 Å². The van der Waals surface area contributed by atoms with Gasteiger partial charge in [0.2, 0.25) is 0 Å². The van der Waals surface area contributed by atoms with Crippen molar-refractivity contribution in [3.63, 3.8) is 0 Å². The van der Waals surface area contributed by atoms with Crippen LogP contribution in [0.1, 0.15) is 5.56 Å². The van der Waals surface area contributed by atoms with Gasteiger partial charge in [-0.1, -0.05) is 0 Å². The monoisotopic (exact) mass is 359 g/mol. The van der Waals surface area contributed by atoms with Gasteiger partial charge in [0.25, 0.3) is 0 Å². The van der Waals surface area contributed by atoms with Crippen molar-refractivity contribution in [1.29, 1.82) is 0 Å². The molecule has 0 aliphatic heterocycles. The van der Waals surface area contributed by atoms with Crippen LogP contribution in [0.3, 0.4) is 0 Å². The third-order valence-corrected chi connectivity index (χ3v) is 4.55. The first-order valence-corrected chi connectivity index (χ1v) is 4.98. The molecule has 0 amide bonds. The summed E-state index contributed by atoms with van der Waals surface area (Å²) in [7, 11) is 0. The van der Waals surface area contributed by atoms with Gasteiger partial charge < -0.3 is 5.73 Å². The molecular formula is C7H7I2N. The highest BCUT2D eigenvalue weighted by atomic mass is 127. The molecule has 1 aromatic carbocycles. The molecule has 1 aromatic rings. The second-order valence-electron chi connectivity index (χ2n) is 2.13. The zero-order valence-corrected chi connectivity index (χ0v) is 9.80. The van der Waals surface area contributed by atoms with Crippen LogP contribution in [0.15, 0.2) is 12.1 Å². The summed E-state index contributed by atoms with van der Waals surface area (Å²) in [6, 6.07) is 3.97. The Labute approximate surface area is 87.7 Å². The number of anilines is 1. The van der Waals surface area contributed by atoms with Crippen LogP contribution in [0.25, 0.3) is 0 Å². The largest absolute Gasteiger partial charge is 0.399 e. The highest BCUT2D eigenvalue weighted by molar-refractivity contribution is 14.1. The summed E-state index contributed by atoms with van der Waals surface area (Å²) in [6.45, 7) is 2.07. The first kappa shape index (κ1) is 8.58. The summed E-state index contributed by atoms with van der Waals surface area (Å²) in [4.78, 5) is 0. The van der Waals surface area contributed by atoms with Crippen molar-refractivity contribution in [2.45, 2.75) is 6.92 Å². The van der Waals surface area contributed by atoms with Crippen molar-refractivity contribution in [2.24, 2.45) is 0 Å². The molecule has 0 aliphatic rings. The molecule has 0 saturated carbocycles. The third-order valence-electron chi connectivity index (χ3n) is 1.23. The Hall–Kier alpha value is 0.480. The average molecular weight is 359 g/mol. The van der Waals surface area contributed by atoms with Gasteiger partial charge in [0.1, 0.15) is 0 Å². The van der Waals surface area contributed by atoms with E-state index in [1.807, 2.05) is 12.1 Å². The Balaban J connectivity index is 3.31. The minimum absolute atomic E-state index is 0.849. The normalized spacial score (nSPS) is 9.90. The van der Waals surface area contributed by atoms with Crippen LogP contribution >= 0.6 is 45.2 Å². The third kappa shape index (κ3) is 1.75. The van der Waals surface area contributed by atoms with Crippen LogP contribution in [0.2, 0.25) is 0 Å². The highest BCUT2D eigenvalue weighted by Gasteiger charge is 1.99. The molecule has 0 spiro atoms. The molecule has 0 saturated heterocycles. The van der Waals surface area contributed by atoms with Crippen molar-refractivity contribution in [3.8, 4) is 0 Å². The Morgan fingerprint density at radius 3 is 2.40 bits per heavy atom. The average Bonchev–Trinajstić information content (AvgIpc) is 1.82. The summed E-state index contributed by atoms with van der Waals surface area (Å²) in [5.41, 5.74) is 7.72. The van der Waals surface area contributed by atoms with Crippen LogP contribution in [0, 0.1) is 14.1 Å².